The van der Waals surface area contributed by atoms with Gasteiger partial charge in [0.15, 0.2) is 0 Å². The first-order chi connectivity index (χ1) is 5.70. The van der Waals surface area contributed by atoms with Crippen molar-refractivity contribution >= 4 is 22.6 Å². The smallest absolute Gasteiger partial charge is 0.0468 e. The number of allylic oxidation sites excluding steroid dienone is 2. The maximum atomic E-state index is 8.64. The van der Waals surface area contributed by atoms with Gasteiger partial charge >= 0.3 is 0 Å². The summed E-state index contributed by atoms with van der Waals surface area (Å²) in [4.78, 5) is 0. The molecule has 0 radical (unpaired) electrons. The molecule has 2 heteroatoms. The Kier molecular flexibility index (Phi) is 7.91. The molecule has 0 aliphatic rings. The monoisotopic (exact) mass is 280 g/mol. The summed E-state index contributed by atoms with van der Waals surface area (Å²) in [7, 11) is 0. The van der Waals surface area contributed by atoms with E-state index in [0.29, 0.717) is 0 Å². The first-order valence-corrected chi connectivity index (χ1v) is 5.47. The molecule has 0 rings (SSSR count). The van der Waals surface area contributed by atoms with Crippen molar-refractivity contribution in [2.45, 2.75) is 33.1 Å². The van der Waals surface area contributed by atoms with Crippen LogP contribution >= 0.6 is 22.6 Å². The molecule has 0 aromatic carbocycles. The van der Waals surface area contributed by atoms with Gasteiger partial charge in [-0.2, -0.15) is 0 Å². The molecule has 70 valence electrons. The molecule has 0 fully saturated rings. The summed E-state index contributed by atoms with van der Waals surface area (Å²) >= 11 is 2.26. The molecule has 1 nitrogen and oxygen atoms in total. The first kappa shape index (κ1) is 12.2. The van der Waals surface area contributed by atoms with Crippen LogP contribution in [0, 0.1) is 0 Å². The minimum atomic E-state index is 0.267. The summed E-state index contributed by atoms with van der Waals surface area (Å²) < 4.78 is 2.12. The van der Waals surface area contributed by atoms with Crippen LogP contribution in [-0.4, -0.2) is 11.7 Å². The Balaban J connectivity index is 3.59. The van der Waals surface area contributed by atoms with Crippen LogP contribution in [0.2, 0.25) is 0 Å². The van der Waals surface area contributed by atoms with Crippen LogP contribution in [0.15, 0.2) is 21.3 Å². The number of hydrogen-bond donors (Lipinski definition) is 1. The average Bonchev–Trinajstić information content (AvgIpc) is 2.04. The second-order valence-corrected chi connectivity index (χ2v) is 3.64. The molecule has 0 saturated heterocycles. The van der Waals surface area contributed by atoms with Gasteiger partial charge in [-0.15, -0.1) is 0 Å². The zero-order valence-electron chi connectivity index (χ0n) is 7.81. The molecule has 0 aromatic rings. The van der Waals surface area contributed by atoms with E-state index >= 15 is 0 Å². The van der Waals surface area contributed by atoms with Crippen molar-refractivity contribution in [3.05, 3.63) is 21.3 Å². The third kappa shape index (κ3) is 6.85. The van der Waals surface area contributed by atoms with Crippen molar-refractivity contribution in [2.75, 3.05) is 6.61 Å². The molecule has 0 saturated carbocycles. The van der Waals surface area contributed by atoms with Gasteiger partial charge in [0.05, 0.1) is 0 Å². The van der Waals surface area contributed by atoms with Crippen LogP contribution in [0.25, 0.3) is 0 Å². The normalized spacial score (nSPS) is 13.7. The SMILES string of the molecule is C/C(=C\CC/C(C)=C/I)CCO. The number of hydrogen-bond acceptors (Lipinski definition) is 1. The number of aliphatic hydroxyl groups excluding tert-OH is 1. The van der Waals surface area contributed by atoms with E-state index in [-0.39, 0.29) is 6.61 Å². The molecule has 0 aromatic heterocycles. The van der Waals surface area contributed by atoms with Crippen LogP contribution < -0.4 is 0 Å². The van der Waals surface area contributed by atoms with Gasteiger partial charge in [-0.1, -0.05) is 39.8 Å². The van der Waals surface area contributed by atoms with Crippen molar-refractivity contribution in [1.29, 1.82) is 0 Å². The summed E-state index contributed by atoms with van der Waals surface area (Å²) in [5, 5.41) is 8.64. The molecule has 12 heavy (non-hydrogen) atoms. The van der Waals surface area contributed by atoms with Crippen LogP contribution in [0.5, 0.6) is 0 Å². The molecule has 0 aliphatic carbocycles. The minimum Gasteiger partial charge on any atom is -0.396 e. The highest BCUT2D eigenvalue weighted by molar-refractivity contribution is 14.1. The van der Waals surface area contributed by atoms with Crippen LogP contribution in [0.4, 0.5) is 0 Å². The molecule has 0 heterocycles. The molecular formula is C10H17IO. The predicted molar refractivity (Wildman–Crippen MR) is 62.5 cm³/mol. The second kappa shape index (κ2) is 7.80. The predicted octanol–water partition coefficient (Wildman–Crippen LogP) is 3.43. The molecule has 0 amide bonds. The van der Waals surface area contributed by atoms with E-state index in [1.54, 1.807) is 0 Å². The van der Waals surface area contributed by atoms with E-state index in [1.165, 1.54) is 11.1 Å². The van der Waals surface area contributed by atoms with Gasteiger partial charge in [-0.3, -0.25) is 0 Å². The summed E-state index contributed by atoms with van der Waals surface area (Å²) in [6, 6.07) is 0. The van der Waals surface area contributed by atoms with E-state index in [9.17, 15) is 0 Å². The highest BCUT2D eigenvalue weighted by Crippen LogP contribution is 2.09. The number of aliphatic hydroxyl groups is 1. The standard InChI is InChI=1S/C10H17IO/c1-9(6-7-12)4-3-5-10(2)8-11/h4,8,12H,3,5-7H2,1-2H3/b9-4+,10-8+. The van der Waals surface area contributed by atoms with Crippen LogP contribution in [0.3, 0.4) is 0 Å². The van der Waals surface area contributed by atoms with E-state index in [1.807, 2.05) is 0 Å². The molecule has 0 atom stereocenters. The molecule has 0 spiro atoms. The fourth-order valence-corrected chi connectivity index (χ4v) is 1.19. The topological polar surface area (TPSA) is 20.2 Å². The van der Waals surface area contributed by atoms with E-state index in [2.05, 4.69) is 46.6 Å². The lowest BCUT2D eigenvalue weighted by atomic mass is 10.1. The highest BCUT2D eigenvalue weighted by atomic mass is 127. The number of halogens is 1. The van der Waals surface area contributed by atoms with E-state index in [4.69, 9.17) is 5.11 Å². The Labute approximate surface area is 88.7 Å². The Hall–Kier alpha value is 0.170. The Morgan fingerprint density at radius 1 is 1.25 bits per heavy atom. The summed E-state index contributed by atoms with van der Waals surface area (Å²) in [6.07, 6.45) is 5.25. The largest absolute Gasteiger partial charge is 0.396 e. The lowest BCUT2D eigenvalue weighted by Gasteiger charge is -1.98. The van der Waals surface area contributed by atoms with Gasteiger partial charge in [0.25, 0.3) is 0 Å². The van der Waals surface area contributed by atoms with Crippen molar-refractivity contribution in [3.63, 3.8) is 0 Å². The van der Waals surface area contributed by atoms with Gasteiger partial charge in [0.1, 0.15) is 0 Å². The zero-order chi connectivity index (χ0) is 9.40. The summed E-state index contributed by atoms with van der Waals surface area (Å²) in [6.45, 7) is 4.48. The first-order valence-electron chi connectivity index (χ1n) is 4.23. The maximum Gasteiger partial charge on any atom is 0.0468 e. The Morgan fingerprint density at radius 2 is 1.92 bits per heavy atom. The molecular weight excluding hydrogens is 263 g/mol. The molecule has 1 N–H and O–H groups in total. The zero-order valence-corrected chi connectivity index (χ0v) is 9.97. The highest BCUT2D eigenvalue weighted by Gasteiger charge is 1.89. The third-order valence-electron chi connectivity index (χ3n) is 1.72. The van der Waals surface area contributed by atoms with Crippen LogP contribution in [-0.2, 0) is 0 Å². The van der Waals surface area contributed by atoms with Crippen molar-refractivity contribution in [2.24, 2.45) is 0 Å². The van der Waals surface area contributed by atoms with Gasteiger partial charge in [0.2, 0.25) is 0 Å². The van der Waals surface area contributed by atoms with E-state index in [0.717, 1.165) is 19.3 Å². The molecule has 0 bridgehead atoms. The summed E-state index contributed by atoms with van der Waals surface area (Å²) in [5.41, 5.74) is 2.71. The lowest BCUT2D eigenvalue weighted by molar-refractivity contribution is 0.299. The fraction of sp³-hybridized carbons (Fsp3) is 0.600. The quantitative estimate of drug-likeness (QED) is 0.604. The van der Waals surface area contributed by atoms with Gasteiger partial charge in [-0.25, -0.2) is 0 Å². The molecule has 0 aliphatic heterocycles. The fourth-order valence-electron chi connectivity index (χ4n) is 0.879. The number of rotatable bonds is 5. The maximum absolute atomic E-state index is 8.64. The Bertz CT molecular complexity index is 171. The lowest BCUT2D eigenvalue weighted by Crippen LogP contribution is -1.84. The van der Waals surface area contributed by atoms with Crippen LogP contribution in [0.1, 0.15) is 33.1 Å². The van der Waals surface area contributed by atoms with E-state index < -0.39 is 0 Å². The Morgan fingerprint density at radius 3 is 2.42 bits per heavy atom. The average molecular weight is 280 g/mol. The van der Waals surface area contributed by atoms with Gasteiger partial charge in [0, 0.05) is 6.61 Å². The second-order valence-electron chi connectivity index (χ2n) is 3.02. The van der Waals surface area contributed by atoms with Crippen molar-refractivity contribution < 1.29 is 5.11 Å². The summed E-state index contributed by atoms with van der Waals surface area (Å²) in [5.74, 6) is 0. The molecule has 0 unspecified atom stereocenters. The third-order valence-corrected chi connectivity index (χ3v) is 2.79. The minimum absolute atomic E-state index is 0.267. The van der Waals surface area contributed by atoms with Crippen molar-refractivity contribution in [1.82, 2.24) is 0 Å². The van der Waals surface area contributed by atoms with Gasteiger partial charge in [-0.05, 0) is 37.2 Å². The van der Waals surface area contributed by atoms with Gasteiger partial charge < -0.3 is 5.11 Å². The van der Waals surface area contributed by atoms with Crippen molar-refractivity contribution in [3.8, 4) is 0 Å².